The topological polar surface area (TPSA) is 150 Å². The van der Waals surface area contributed by atoms with Crippen LogP contribution in [0.2, 0.25) is 0 Å². The molecule has 4 aromatic rings. The minimum atomic E-state index is -4.65. The number of hydrogen-bond acceptors (Lipinski definition) is 6. The smallest absolute Gasteiger partial charge is 0.280 e. The number of nitrogens with one attached hydrogen (secondary N) is 4. The lowest BCUT2D eigenvalue weighted by Gasteiger charge is -2.12. The van der Waals surface area contributed by atoms with Crippen molar-refractivity contribution in [1.82, 2.24) is 21.0 Å². The highest BCUT2D eigenvalue weighted by Crippen LogP contribution is 2.31. The monoisotopic (exact) mass is 531 g/mol. The molecule has 0 radical (unpaired) electrons. The van der Waals surface area contributed by atoms with Crippen LogP contribution in [0.4, 0.5) is 18.9 Å². The van der Waals surface area contributed by atoms with Crippen LogP contribution in [0.5, 0.6) is 0 Å². The zero-order valence-corrected chi connectivity index (χ0v) is 19.3. The van der Waals surface area contributed by atoms with Gasteiger partial charge in [0.2, 0.25) is 0 Å². The fraction of sp³-hybridized carbons (Fsp3) is 0.0435. The van der Waals surface area contributed by atoms with E-state index in [0.717, 1.165) is 42.5 Å². The molecule has 0 saturated carbocycles. The number of nitrogens with zero attached hydrogens (tertiary/aromatic N) is 1. The van der Waals surface area contributed by atoms with Gasteiger partial charge in [-0.25, -0.2) is 13.5 Å². The Kier molecular flexibility index (Phi) is 6.68. The number of anilines is 1. The first-order valence-electron chi connectivity index (χ1n) is 10.3. The minimum Gasteiger partial charge on any atom is -0.280 e. The molecule has 0 fully saturated rings. The number of hydrazine groups is 1. The van der Waals surface area contributed by atoms with E-state index in [4.69, 9.17) is 0 Å². The molecule has 0 bridgehead atoms. The van der Waals surface area contributed by atoms with Crippen LogP contribution < -0.4 is 21.1 Å². The Balaban J connectivity index is 1.44. The van der Waals surface area contributed by atoms with E-state index in [1.54, 1.807) is 12.1 Å². The SMILES string of the molecule is O=C(NNC(=O)c1n[nH]c(=O)c2ccccc12)c1ccc(S(=O)(=O)Nc2cccc(C(F)(F)F)c2)cc1. The Hall–Kier alpha value is -4.72. The molecule has 37 heavy (non-hydrogen) atoms. The number of sulfonamides is 1. The molecule has 0 aliphatic rings. The van der Waals surface area contributed by atoms with Crippen LogP contribution in [0.15, 0.2) is 82.5 Å². The van der Waals surface area contributed by atoms with Gasteiger partial charge in [-0.1, -0.05) is 24.3 Å². The summed E-state index contributed by atoms with van der Waals surface area (Å²) in [6.07, 6.45) is -4.65. The van der Waals surface area contributed by atoms with E-state index in [-0.39, 0.29) is 32.6 Å². The molecule has 10 nitrogen and oxygen atoms in total. The van der Waals surface area contributed by atoms with Crippen molar-refractivity contribution in [3.8, 4) is 0 Å². The second kappa shape index (κ2) is 9.73. The highest BCUT2D eigenvalue weighted by atomic mass is 32.2. The number of halogens is 3. The molecule has 2 amide bonds. The first-order valence-corrected chi connectivity index (χ1v) is 11.8. The standard InChI is InChI=1S/C23H16F3N5O5S/c24-23(25,26)14-4-3-5-15(12-14)31-37(35,36)16-10-8-13(9-11-16)20(32)28-30-22(34)19-17-6-1-2-7-18(17)21(33)29-27-19/h1-12,31H,(H,28,32)(H,29,33)(H,30,34). The fourth-order valence-electron chi connectivity index (χ4n) is 3.29. The first-order chi connectivity index (χ1) is 17.5. The molecule has 0 atom stereocenters. The van der Waals surface area contributed by atoms with Crippen molar-refractivity contribution in [3.05, 3.63) is 100.0 Å². The second-order valence-corrected chi connectivity index (χ2v) is 9.25. The number of carbonyl (C=O) groups excluding carboxylic acids is 2. The van der Waals surface area contributed by atoms with Gasteiger partial charge in [-0.05, 0) is 48.5 Å². The van der Waals surface area contributed by atoms with Gasteiger partial charge in [0.25, 0.3) is 27.4 Å². The highest BCUT2D eigenvalue weighted by molar-refractivity contribution is 7.92. The summed E-state index contributed by atoms with van der Waals surface area (Å²) in [4.78, 5) is 36.4. The number of aromatic nitrogens is 2. The second-order valence-electron chi connectivity index (χ2n) is 7.56. The van der Waals surface area contributed by atoms with Gasteiger partial charge in [0, 0.05) is 16.6 Å². The molecule has 14 heteroatoms. The Morgan fingerprint density at radius 1 is 0.838 bits per heavy atom. The van der Waals surface area contributed by atoms with E-state index in [1.807, 2.05) is 0 Å². The maximum Gasteiger partial charge on any atom is 0.416 e. The van der Waals surface area contributed by atoms with Crippen molar-refractivity contribution >= 4 is 38.3 Å². The fourth-order valence-corrected chi connectivity index (χ4v) is 4.34. The molecule has 0 saturated heterocycles. The lowest BCUT2D eigenvalue weighted by Crippen LogP contribution is -2.42. The molecule has 4 rings (SSSR count). The van der Waals surface area contributed by atoms with Gasteiger partial charge in [0.15, 0.2) is 5.69 Å². The van der Waals surface area contributed by atoms with Crippen molar-refractivity contribution in [3.63, 3.8) is 0 Å². The maximum absolute atomic E-state index is 12.9. The highest BCUT2D eigenvalue weighted by Gasteiger charge is 2.30. The number of amides is 2. The molecule has 3 aromatic carbocycles. The lowest BCUT2D eigenvalue weighted by molar-refractivity contribution is -0.137. The van der Waals surface area contributed by atoms with Crippen molar-refractivity contribution < 1.29 is 31.2 Å². The molecule has 0 unspecified atom stereocenters. The van der Waals surface area contributed by atoms with Crippen LogP contribution in [0.25, 0.3) is 10.8 Å². The molecule has 0 spiro atoms. The molecule has 1 aromatic heterocycles. The zero-order chi connectivity index (χ0) is 26.8. The number of aromatic amines is 1. The normalized spacial score (nSPS) is 11.6. The van der Waals surface area contributed by atoms with Crippen LogP contribution in [-0.2, 0) is 16.2 Å². The third-order valence-electron chi connectivity index (χ3n) is 5.07. The van der Waals surface area contributed by atoms with Gasteiger partial charge in [0.05, 0.1) is 15.8 Å². The van der Waals surface area contributed by atoms with E-state index in [1.165, 1.54) is 12.1 Å². The molecule has 0 aliphatic heterocycles. The van der Waals surface area contributed by atoms with E-state index >= 15 is 0 Å². The Morgan fingerprint density at radius 2 is 1.49 bits per heavy atom. The van der Waals surface area contributed by atoms with Gasteiger partial charge in [0.1, 0.15) is 0 Å². The van der Waals surface area contributed by atoms with E-state index in [0.29, 0.717) is 6.07 Å². The quantitative estimate of drug-likeness (QED) is 0.291. The summed E-state index contributed by atoms with van der Waals surface area (Å²) in [5.41, 5.74) is 2.34. The molecular weight excluding hydrogens is 515 g/mol. The number of H-pyrrole nitrogens is 1. The number of hydrogen-bond donors (Lipinski definition) is 4. The third-order valence-corrected chi connectivity index (χ3v) is 6.47. The summed E-state index contributed by atoms with van der Waals surface area (Å²) in [5, 5.41) is 6.40. The Labute approximate surface area is 206 Å². The van der Waals surface area contributed by atoms with E-state index in [9.17, 15) is 36.0 Å². The van der Waals surface area contributed by atoms with Crippen LogP contribution >= 0.6 is 0 Å². The largest absolute Gasteiger partial charge is 0.416 e. The predicted octanol–water partition coefficient (Wildman–Crippen LogP) is 2.82. The van der Waals surface area contributed by atoms with Crippen LogP contribution in [0.1, 0.15) is 26.4 Å². The number of benzene rings is 3. The molecule has 0 aliphatic carbocycles. The lowest BCUT2D eigenvalue weighted by atomic mass is 10.1. The summed E-state index contributed by atoms with van der Waals surface area (Å²) in [5.74, 6) is -1.61. The average molecular weight is 531 g/mol. The van der Waals surface area contributed by atoms with E-state index in [2.05, 4.69) is 25.8 Å². The van der Waals surface area contributed by atoms with Crippen LogP contribution in [-0.4, -0.2) is 30.4 Å². The average Bonchev–Trinajstić information content (AvgIpc) is 2.87. The summed E-state index contributed by atoms with van der Waals surface area (Å²) < 4.78 is 65.8. The van der Waals surface area contributed by atoms with Crippen LogP contribution in [0.3, 0.4) is 0 Å². The molecule has 4 N–H and O–H groups in total. The first kappa shape index (κ1) is 25.4. The summed E-state index contributed by atoms with van der Waals surface area (Å²) in [6, 6.07) is 14.4. The number of carbonyl (C=O) groups is 2. The van der Waals surface area contributed by atoms with E-state index < -0.39 is 39.1 Å². The van der Waals surface area contributed by atoms with Gasteiger partial charge < -0.3 is 0 Å². The van der Waals surface area contributed by atoms with Gasteiger partial charge in [-0.15, -0.1) is 0 Å². The molecule has 1 heterocycles. The molecular formula is C23H16F3N5O5S. The van der Waals surface area contributed by atoms with Crippen LogP contribution in [0, 0.1) is 0 Å². The summed E-state index contributed by atoms with van der Waals surface area (Å²) in [6.45, 7) is 0. The summed E-state index contributed by atoms with van der Waals surface area (Å²) in [7, 11) is -4.26. The molecule has 190 valence electrons. The number of alkyl halides is 3. The Morgan fingerprint density at radius 3 is 2.16 bits per heavy atom. The minimum absolute atomic E-state index is 0.0300. The third kappa shape index (κ3) is 5.59. The Bertz CT molecular complexity index is 1670. The number of fused-ring (bicyclic) bond motifs is 1. The zero-order valence-electron chi connectivity index (χ0n) is 18.5. The van der Waals surface area contributed by atoms with Gasteiger partial charge >= 0.3 is 6.18 Å². The maximum atomic E-state index is 12.9. The number of rotatable bonds is 5. The van der Waals surface area contributed by atoms with Crippen molar-refractivity contribution in [1.29, 1.82) is 0 Å². The van der Waals surface area contributed by atoms with Crippen molar-refractivity contribution in [2.45, 2.75) is 11.1 Å². The summed E-state index contributed by atoms with van der Waals surface area (Å²) >= 11 is 0. The van der Waals surface area contributed by atoms with Gasteiger partial charge in [-0.3, -0.25) is 30.0 Å². The predicted molar refractivity (Wildman–Crippen MR) is 126 cm³/mol. The van der Waals surface area contributed by atoms with Crippen molar-refractivity contribution in [2.24, 2.45) is 0 Å². The van der Waals surface area contributed by atoms with Gasteiger partial charge in [-0.2, -0.15) is 18.3 Å². The van der Waals surface area contributed by atoms with Crippen molar-refractivity contribution in [2.75, 3.05) is 4.72 Å².